The number of ether oxygens (including phenoxy) is 1. The molecule has 0 N–H and O–H groups in total. The SMILES string of the molecule is CCCCCCC(C#CC(CCC)[Si](C)(C)C)OC(C)=O. The normalized spacial score (nSPS) is 14.0. The fourth-order valence-corrected chi connectivity index (χ4v) is 3.99. The van der Waals surface area contributed by atoms with Gasteiger partial charge in [-0.05, 0) is 19.3 Å². The first-order valence-electron chi connectivity index (χ1n) is 8.49. The smallest absolute Gasteiger partial charge is 0.303 e. The highest BCUT2D eigenvalue weighted by atomic mass is 28.3. The Morgan fingerprint density at radius 1 is 1.00 bits per heavy atom. The van der Waals surface area contributed by atoms with Gasteiger partial charge in [-0.2, -0.15) is 0 Å². The molecule has 0 aromatic rings. The Kier molecular flexibility index (Phi) is 10.5. The van der Waals surface area contributed by atoms with Crippen LogP contribution >= 0.6 is 0 Å². The van der Waals surface area contributed by atoms with Crippen LogP contribution in [0.1, 0.15) is 65.7 Å². The molecule has 0 amide bonds. The number of rotatable bonds is 9. The summed E-state index contributed by atoms with van der Waals surface area (Å²) in [6.07, 6.45) is 7.73. The highest BCUT2D eigenvalue weighted by molar-refractivity contribution is 6.78. The van der Waals surface area contributed by atoms with Gasteiger partial charge in [0.25, 0.3) is 0 Å². The average molecular weight is 311 g/mol. The standard InChI is InChI=1S/C18H34O2Si/c1-7-9-10-11-13-17(20-16(3)19)14-15-18(12-8-2)21(4,5)6/h17-18H,7-13H2,1-6H3. The van der Waals surface area contributed by atoms with Crippen molar-refractivity contribution in [1.29, 1.82) is 0 Å². The van der Waals surface area contributed by atoms with Crippen molar-refractivity contribution in [2.24, 2.45) is 0 Å². The van der Waals surface area contributed by atoms with Crippen LogP contribution in [0.3, 0.4) is 0 Å². The summed E-state index contributed by atoms with van der Waals surface area (Å²) < 4.78 is 5.37. The van der Waals surface area contributed by atoms with Gasteiger partial charge in [-0.1, -0.05) is 71.0 Å². The van der Waals surface area contributed by atoms with Crippen LogP contribution in [0.2, 0.25) is 25.2 Å². The van der Waals surface area contributed by atoms with Gasteiger partial charge in [0.15, 0.2) is 6.10 Å². The first-order chi connectivity index (χ1) is 9.81. The highest BCUT2D eigenvalue weighted by Crippen LogP contribution is 2.26. The molecular weight excluding hydrogens is 276 g/mol. The van der Waals surface area contributed by atoms with Gasteiger partial charge < -0.3 is 4.74 Å². The monoisotopic (exact) mass is 310 g/mol. The number of unbranched alkanes of at least 4 members (excludes halogenated alkanes) is 3. The first kappa shape index (κ1) is 20.2. The Morgan fingerprint density at radius 2 is 1.67 bits per heavy atom. The Labute approximate surface area is 133 Å². The van der Waals surface area contributed by atoms with Crippen LogP contribution in [0.25, 0.3) is 0 Å². The summed E-state index contributed by atoms with van der Waals surface area (Å²) in [7, 11) is -1.27. The molecule has 2 atom stereocenters. The third kappa shape index (κ3) is 10.6. The second kappa shape index (κ2) is 10.9. The lowest BCUT2D eigenvalue weighted by Crippen LogP contribution is -2.27. The van der Waals surface area contributed by atoms with Gasteiger partial charge in [-0.3, -0.25) is 4.79 Å². The average Bonchev–Trinajstić information content (AvgIpc) is 2.37. The van der Waals surface area contributed by atoms with Crippen LogP contribution in [-0.2, 0) is 9.53 Å². The molecule has 0 fully saturated rings. The minimum absolute atomic E-state index is 0.213. The van der Waals surface area contributed by atoms with Gasteiger partial charge in [0.05, 0.1) is 8.07 Å². The quantitative estimate of drug-likeness (QED) is 0.247. The number of hydrogen-bond donors (Lipinski definition) is 0. The number of hydrogen-bond acceptors (Lipinski definition) is 2. The molecule has 21 heavy (non-hydrogen) atoms. The molecule has 0 saturated heterocycles. The van der Waals surface area contributed by atoms with Crippen molar-refractivity contribution in [3.05, 3.63) is 0 Å². The summed E-state index contributed by atoms with van der Waals surface area (Å²) in [5, 5.41) is 0. The predicted molar refractivity (Wildman–Crippen MR) is 94.1 cm³/mol. The molecule has 0 radical (unpaired) electrons. The van der Waals surface area contributed by atoms with E-state index in [0.29, 0.717) is 5.54 Å². The van der Waals surface area contributed by atoms with Crippen LogP contribution < -0.4 is 0 Å². The van der Waals surface area contributed by atoms with Gasteiger partial charge in [0, 0.05) is 12.5 Å². The van der Waals surface area contributed by atoms with E-state index in [4.69, 9.17) is 4.74 Å². The van der Waals surface area contributed by atoms with Crippen molar-refractivity contribution in [2.75, 3.05) is 0 Å². The fraction of sp³-hybridized carbons (Fsp3) is 0.833. The molecule has 0 aromatic carbocycles. The summed E-state index contributed by atoms with van der Waals surface area (Å²) >= 11 is 0. The van der Waals surface area contributed by atoms with Gasteiger partial charge in [0.2, 0.25) is 0 Å². The van der Waals surface area contributed by atoms with Crippen molar-refractivity contribution >= 4 is 14.0 Å². The number of carbonyl (C=O) groups is 1. The molecule has 2 nitrogen and oxygen atoms in total. The number of esters is 1. The summed E-state index contributed by atoms with van der Waals surface area (Å²) in [4.78, 5) is 11.2. The maximum atomic E-state index is 11.2. The van der Waals surface area contributed by atoms with E-state index in [1.54, 1.807) is 0 Å². The molecule has 0 heterocycles. The van der Waals surface area contributed by atoms with Crippen LogP contribution in [0.5, 0.6) is 0 Å². The Balaban J connectivity index is 4.69. The van der Waals surface area contributed by atoms with E-state index >= 15 is 0 Å². The molecule has 0 rings (SSSR count). The molecule has 2 unspecified atom stereocenters. The fourth-order valence-electron chi connectivity index (χ4n) is 2.32. The van der Waals surface area contributed by atoms with Gasteiger partial charge in [-0.15, -0.1) is 0 Å². The summed E-state index contributed by atoms with van der Waals surface area (Å²) in [6.45, 7) is 13.0. The van der Waals surface area contributed by atoms with Crippen molar-refractivity contribution in [3.8, 4) is 11.8 Å². The van der Waals surface area contributed by atoms with Crippen LogP contribution in [0, 0.1) is 11.8 Å². The lowest BCUT2D eigenvalue weighted by atomic mass is 10.1. The maximum Gasteiger partial charge on any atom is 0.303 e. The maximum absolute atomic E-state index is 11.2. The van der Waals surface area contributed by atoms with Crippen molar-refractivity contribution in [2.45, 2.75) is 97.0 Å². The van der Waals surface area contributed by atoms with Crippen molar-refractivity contribution in [1.82, 2.24) is 0 Å². The Hall–Kier alpha value is -0.753. The first-order valence-corrected chi connectivity index (χ1v) is 12.1. The molecule has 0 bridgehead atoms. The minimum atomic E-state index is -1.27. The summed E-state index contributed by atoms with van der Waals surface area (Å²) in [5.74, 6) is 6.48. The van der Waals surface area contributed by atoms with E-state index in [1.807, 2.05) is 0 Å². The van der Waals surface area contributed by atoms with Crippen LogP contribution in [-0.4, -0.2) is 20.1 Å². The van der Waals surface area contributed by atoms with Crippen LogP contribution in [0.4, 0.5) is 0 Å². The van der Waals surface area contributed by atoms with Crippen LogP contribution in [0.15, 0.2) is 0 Å². The van der Waals surface area contributed by atoms with E-state index < -0.39 is 8.07 Å². The third-order valence-electron chi connectivity index (χ3n) is 3.67. The third-order valence-corrected chi connectivity index (χ3v) is 6.19. The van der Waals surface area contributed by atoms with E-state index in [-0.39, 0.29) is 12.1 Å². The van der Waals surface area contributed by atoms with Gasteiger partial charge in [0.1, 0.15) is 0 Å². The largest absolute Gasteiger partial charge is 0.449 e. The highest BCUT2D eigenvalue weighted by Gasteiger charge is 2.24. The van der Waals surface area contributed by atoms with Gasteiger partial charge >= 0.3 is 5.97 Å². The summed E-state index contributed by atoms with van der Waals surface area (Å²) in [6, 6.07) is 0. The van der Waals surface area contributed by atoms with E-state index in [1.165, 1.54) is 32.6 Å². The molecule has 0 saturated carbocycles. The second-order valence-corrected chi connectivity index (χ2v) is 12.4. The molecule has 0 aliphatic heterocycles. The molecule has 122 valence electrons. The van der Waals surface area contributed by atoms with E-state index in [2.05, 4.69) is 45.3 Å². The molecule has 3 heteroatoms. The lowest BCUT2D eigenvalue weighted by molar-refractivity contribution is -0.144. The van der Waals surface area contributed by atoms with E-state index in [9.17, 15) is 4.79 Å². The zero-order chi connectivity index (χ0) is 16.3. The lowest BCUT2D eigenvalue weighted by Gasteiger charge is -2.24. The Morgan fingerprint density at radius 3 is 2.14 bits per heavy atom. The topological polar surface area (TPSA) is 26.3 Å². The molecule has 0 aliphatic rings. The molecule has 0 spiro atoms. The molecular formula is C18H34O2Si. The minimum Gasteiger partial charge on any atom is -0.449 e. The molecule has 0 aromatic heterocycles. The molecule has 0 aliphatic carbocycles. The van der Waals surface area contributed by atoms with E-state index in [0.717, 1.165) is 19.3 Å². The van der Waals surface area contributed by atoms with Gasteiger partial charge in [-0.25, -0.2) is 0 Å². The zero-order valence-electron chi connectivity index (χ0n) is 14.9. The predicted octanol–water partition coefficient (Wildman–Crippen LogP) is 5.40. The number of carbonyl (C=O) groups excluding carboxylic acids is 1. The van der Waals surface area contributed by atoms with Crippen molar-refractivity contribution < 1.29 is 9.53 Å². The van der Waals surface area contributed by atoms with Crippen molar-refractivity contribution in [3.63, 3.8) is 0 Å². The second-order valence-electron chi connectivity index (χ2n) is 6.94. The Bertz CT molecular complexity index is 346. The summed E-state index contributed by atoms with van der Waals surface area (Å²) in [5.41, 5.74) is 0.496. The zero-order valence-corrected chi connectivity index (χ0v) is 15.9.